The molecule has 0 saturated carbocycles. The van der Waals surface area contributed by atoms with Crippen LogP contribution in [0.4, 0.5) is 0 Å². The number of hydrogen-bond acceptors (Lipinski definition) is 3. The molecule has 0 amide bonds. The zero-order valence-corrected chi connectivity index (χ0v) is 11.8. The van der Waals surface area contributed by atoms with Gasteiger partial charge < -0.3 is 14.6 Å². The van der Waals surface area contributed by atoms with E-state index in [1.165, 1.54) is 11.3 Å². The van der Waals surface area contributed by atoms with Gasteiger partial charge in [0.2, 0.25) is 0 Å². The van der Waals surface area contributed by atoms with Crippen LogP contribution >= 0.6 is 0 Å². The maximum absolute atomic E-state index is 5.25. The summed E-state index contributed by atoms with van der Waals surface area (Å²) in [6.07, 6.45) is 3.78. The van der Waals surface area contributed by atoms with Crippen molar-refractivity contribution in [3.63, 3.8) is 0 Å². The molecule has 1 aromatic heterocycles. The molecular formula is C15H21N3O. The molecule has 0 spiro atoms. The van der Waals surface area contributed by atoms with Crippen LogP contribution in [0.25, 0.3) is 0 Å². The van der Waals surface area contributed by atoms with Crippen molar-refractivity contribution in [2.24, 2.45) is 0 Å². The number of aryl methyl sites for hydroxylation is 1. The van der Waals surface area contributed by atoms with Crippen LogP contribution in [0.1, 0.15) is 31.1 Å². The van der Waals surface area contributed by atoms with Crippen LogP contribution in [0, 0.1) is 0 Å². The van der Waals surface area contributed by atoms with Crippen molar-refractivity contribution in [3.05, 3.63) is 48.0 Å². The van der Waals surface area contributed by atoms with Crippen molar-refractivity contribution in [1.29, 1.82) is 0 Å². The number of nitrogens with zero attached hydrogens (tertiary/aromatic N) is 2. The second kappa shape index (κ2) is 6.38. The Bertz CT molecular complexity index is 522. The molecule has 2 rings (SSSR count). The van der Waals surface area contributed by atoms with Crippen molar-refractivity contribution in [2.45, 2.75) is 33.0 Å². The summed E-state index contributed by atoms with van der Waals surface area (Å²) in [5.74, 6) is 0.893. The molecular weight excluding hydrogens is 238 g/mol. The molecule has 0 fully saturated rings. The minimum atomic E-state index is 0.273. The van der Waals surface area contributed by atoms with Gasteiger partial charge in [0.25, 0.3) is 0 Å². The fourth-order valence-electron chi connectivity index (χ4n) is 2.07. The highest BCUT2D eigenvalue weighted by Crippen LogP contribution is 2.19. The average molecular weight is 259 g/mol. The molecule has 1 aromatic carbocycles. The van der Waals surface area contributed by atoms with Gasteiger partial charge in [-0.15, -0.1) is 0 Å². The number of nitrogens with one attached hydrogen (secondary N) is 1. The van der Waals surface area contributed by atoms with Gasteiger partial charge in [0, 0.05) is 25.3 Å². The van der Waals surface area contributed by atoms with E-state index in [2.05, 4.69) is 40.8 Å². The molecule has 19 heavy (non-hydrogen) atoms. The fraction of sp³-hybridized carbons (Fsp3) is 0.400. The summed E-state index contributed by atoms with van der Waals surface area (Å²) in [6, 6.07) is 8.42. The molecule has 0 aliphatic rings. The van der Waals surface area contributed by atoms with Crippen LogP contribution in [0.5, 0.6) is 5.75 Å². The number of aromatic nitrogens is 2. The Hall–Kier alpha value is -1.81. The van der Waals surface area contributed by atoms with Gasteiger partial charge >= 0.3 is 0 Å². The van der Waals surface area contributed by atoms with Gasteiger partial charge in [0.15, 0.2) is 0 Å². The standard InChI is InChI=1S/C15H21N3O/c1-4-18-11-16-9-14(18)10-17-12(2)13-6-5-7-15(8-13)19-3/h5-9,11-12,17H,4,10H2,1-3H3/t12-/m0/s1. The Kier molecular flexibility index (Phi) is 4.58. The maximum Gasteiger partial charge on any atom is 0.119 e. The Labute approximate surface area is 114 Å². The Morgan fingerprint density at radius 2 is 2.26 bits per heavy atom. The van der Waals surface area contributed by atoms with Gasteiger partial charge in [-0.2, -0.15) is 0 Å². The molecule has 2 aromatic rings. The van der Waals surface area contributed by atoms with Gasteiger partial charge in [0.1, 0.15) is 5.75 Å². The van der Waals surface area contributed by atoms with Crippen LogP contribution in [-0.4, -0.2) is 16.7 Å². The molecule has 0 unspecified atom stereocenters. The topological polar surface area (TPSA) is 39.1 Å². The first kappa shape index (κ1) is 13.6. The number of imidazole rings is 1. The minimum absolute atomic E-state index is 0.273. The lowest BCUT2D eigenvalue weighted by Crippen LogP contribution is -2.19. The van der Waals surface area contributed by atoms with Crippen LogP contribution in [0.15, 0.2) is 36.8 Å². The summed E-state index contributed by atoms with van der Waals surface area (Å²) in [4.78, 5) is 4.17. The number of hydrogen-bond donors (Lipinski definition) is 1. The van der Waals surface area contributed by atoms with E-state index in [1.807, 2.05) is 24.7 Å². The minimum Gasteiger partial charge on any atom is -0.497 e. The zero-order valence-electron chi connectivity index (χ0n) is 11.8. The molecule has 0 aliphatic carbocycles. The van der Waals surface area contributed by atoms with Gasteiger partial charge in [-0.1, -0.05) is 12.1 Å². The van der Waals surface area contributed by atoms with Crippen molar-refractivity contribution >= 4 is 0 Å². The van der Waals surface area contributed by atoms with Gasteiger partial charge in [0.05, 0.1) is 19.1 Å². The highest BCUT2D eigenvalue weighted by Gasteiger charge is 2.07. The normalized spacial score (nSPS) is 12.4. The molecule has 4 heteroatoms. The highest BCUT2D eigenvalue weighted by molar-refractivity contribution is 5.30. The first-order valence-electron chi connectivity index (χ1n) is 6.61. The van der Waals surface area contributed by atoms with Gasteiger partial charge in [-0.25, -0.2) is 4.98 Å². The summed E-state index contributed by atoms with van der Waals surface area (Å²) in [6.45, 7) is 6.04. The van der Waals surface area contributed by atoms with E-state index in [1.54, 1.807) is 7.11 Å². The van der Waals surface area contributed by atoms with Crippen LogP contribution in [0.2, 0.25) is 0 Å². The SMILES string of the molecule is CCn1cncc1CN[C@@H](C)c1cccc(OC)c1. The molecule has 0 aliphatic heterocycles. The highest BCUT2D eigenvalue weighted by atomic mass is 16.5. The first-order chi connectivity index (χ1) is 9.24. The quantitative estimate of drug-likeness (QED) is 0.867. The summed E-state index contributed by atoms with van der Waals surface area (Å²) in [5, 5.41) is 3.51. The Balaban J connectivity index is 1.99. The molecule has 0 bridgehead atoms. The largest absolute Gasteiger partial charge is 0.497 e. The molecule has 1 heterocycles. The van der Waals surface area contributed by atoms with Crippen molar-refractivity contribution in [2.75, 3.05) is 7.11 Å². The van der Waals surface area contributed by atoms with Gasteiger partial charge in [-0.3, -0.25) is 0 Å². The number of benzene rings is 1. The lowest BCUT2D eigenvalue weighted by atomic mass is 10.1. The molecule has 1 N–H and O–H groups in total. The third kappa shape index (κ3) is 3.35. The van der Waals surface area contributed by atoms with E-state index in [0.717, 1.165) is 18.8 Å². The van der Waals surface area contributed by atoms with Crippen molar-refractivity contribution < 1.29 is 4.74 Å². The fourth-order valence-corrected chi connectivity index (χ4v) is 2.07. The smallest absolute Gasteiger partial charge is 0.119 e. The second-order valence-corrected chi connectivity index (χ2v) is 4.55. The van der Waals surface area contributed by atoms with E-state index < -0.39 is 0 Å². The third-order valence-corrected chi connectivity index (χ3v) is 3.32. The van der Waals surface area contributed by atoms with E-state index >= 15 is 0 Å². The van der Waals surface area contributed by atoms with E-state index in [-0.39, 0.29) is 6.04 Å². The Morgan fingerprint density at radius 3 is 3.00 bits per heavy atom. The Morgan fingerprint density at radius 1 is 1.42 bits per heavy atom. The molecule has 0 radical (unpaired) electrons. The van der Waals surface area contributed by atoms with E-state index in [0.29, 0.717) is 0 Å². The first-order valence-corrected chi connectivity index (χ1v) is 6.61. The van der Waals surface area contributed by atoms with Gasteiger partial charge in [-0.05, 0) is 31.5 Å². The predicted octanol–water partition coefficient (Wildman–Crippen LogP) is 2.76. The summed E-state index contributed by atoms with van der Waals surface area (Å²) < 4.78 is 7.39. The molecule has 0 saturated heterocycles. The predicted molar refractivity (Wildman–Crippen MR) is 76.1 cm³/mol. The number of ether oxygens (including phenoxy) is 1. The summed E-state index contributed by atoms with van der Waals surface area (Å²) in [7, 11) is 1.69. The lowest BCUT2D eigenvalue weighted by molar-refractivity contribution is 0.413. The second-order valence-electron chi connectivity index (χ2n) is 4.55. The van der Waals surface area contributed by atoms with Crippen LogP contribution < -0.4 is 10.1 Å². The molecule has 102 valence electrons. The number of methoxy groups -OCH3 is 1. The summed E-state index contributed by atoms with van der Waals surface area (Å²) in [5.41, 5.74) is 2.43. The average Bonchev–Trinajstić information content (AvgIpc) is 2.92. The molecule has 4 nitrogen and oxygen atoms in total. The lowest BCUT2D eigenvalue weighted by Gasteiger charge is -2.15. The number of rotatable bonds is 6. The van der Waals surface area contributed by atoms with E-state index in [9.17, 15) is 0 Å². The third-order valence-electron chi connectivity index (χ3n) is 3.32. The van der Waals surface area contributed by atoms with E-state index in [4.69, 9.17) is 4.74 Å². The monoisotopic (exact) mass is 259 g/mol. The zero-order chi connectivity index (χ0) is 13.7. The molecule has 1 atom stereocenters. The van der Waals surface area contributed by atoms with Crippen LogP contribution in [-0.2, 0) is 13.1 Å². The van der Waals surface area contributed by atoms with Crippen LogP contribution in [0.3, 0.4) is 0 Å². The van der Waals surface area contributed by atoms with Crippen molar-refractivity contribution in [3.8, 4) is 5.75 Å². The van der Waals surface area contributed by atoms with Crippen molar-refractivity contribution in [1.82, 2.24) is 14.9 Å². The summed E-state index contributed by atoms with van der Waals surface area (Å²) >= 11 is 0. The maximum atomic E-state index is 5.25.